The number of hydrogen-bond donors (Lipinski definition) is 1. The molecule has 0 aliphatic heterocycles. The lowest BCUT2D eigenvalue weighted by molar-refractivity contribution is 0.102. The first-order valence-electron chi connectivity index (χ1n) is 5.71. The van der Waals surface area contributed by atoms with E-state index in [1.807, 2.05) is 6.92 Å². The molecule has 1 N–H and O–H groups in total. The molecule has 0 bridgehead atoms. The number of nitrogens with zero attached hydrogens (tertiary/aromatic N) is 2. The number of nitrogens with one attached hydrogen (secondary N) is 1. The first-order chi connectivity index (χ1) is 9.19. The predicted molar refractivity (Wildman–Crippen MR) is 72.6 cm³/mol. The fraction of sp³-hybridized carbons (Fsp3) is 0.154. The van der Waals surface area contributed by atoms with Crippen molar-refractivity contribution in [3.63, 3.8) is 0 Å². The zero-order valence-electron chi connectivity index (χ0n) is 10.3. The monoisotopic (exact) mass is 277 g/mol. The molecule has 98 valence electrons. The maximum absolute atomic E-state index is 11.9. The fourth-order valence-corrected chi connectivity index (χ4v) is 1.61. The molecule has 2 heterocycles. The van der Waals surface area contributed by atoms with E-state index in [2.05, 4.69) is 15.3 Å². The molecule has 1 amide bonds. The van der Waals surface area contributed by atoms with Crippen LogP contribution in [-0.2, 0) is 0 Å². The Bertz CT molecular complexity index is 572. The second-order valence-electron chi connectivity index (χ2n) is 3.64. The van der Waals surface area contributed by atoms with Crippen LogP contribution in [0.3, 0.4) is 0 Å². The highest BCUT2D eigenvalue weighted by atomic mass is 35.5. The average Bonchev–Trinajstić information content (AvgIpc) is 2.41. The number of amides is 1. The van der Waals surface area contributed by atoms with Crippen molar-refractivity contribution >= 4 is 23.2 Å². The van der Waals surface area contributed by atoms with Crippen molar-refractivity contribution in [3.05, 3.63) is 47.4 Å². The normalized spacial score (nSPS) is 10.0. The molecular weight excluding hydrogens is 266 g/mol. The van der Waals surface area contributed by atoms with Crippen molar-refractivity contribution in [3.8, 4) is 5.88 Å². The smallest absolute Gasteiger partial charge is 0.255 e. The van der Waals surface area contributed by atoms with E-state index in [4.69, 9.17) is 16.3 Å². The van der Waals surface area contributed by atoms with Crippen LogP contribution in [0.25, 0.3) is 0 Å². The number of carbonyl (C=O) groups is 1. The van der Waals surface area contributed by atoms with Gasteiger partial charge in [-0.3, -0.25) is 4.79 Å². The van der Waals surface area contributed by atoms with E-state index in [1.165, 1.54) is 18.5 Å². The zero-order chi connectivity index (χ0) is 13.7. The Morgan fingerprint density at radius 1 is 1.37 bits per heavy atom. The molecule has 2 aromatic rings. The van der Waals surface area contributed by atoms with E-state index < -0.39 is 0 Å². The minimum Gasteiger partial charge on any atom is -0.478 e. The molecule has 0 saturated carbocycles. The highest BCUT2D eigenvalue weighted by Gasteiger charge is 2.07. The minimum absolute atomic E-state index is 0.268. The number of carbonyl (C=O) groups excluding carboxylic acids is 1. The lowest BCUT2D eigenvalue weighted by Gasteiger charge is -2.06. The largest absolute Gasteiger partial charge is 0.478 e. The minimum atomic E-state index is -0.268. The van der Waals surface area contributed by atoms with Crippen LogP contribution < -0.4 is 10.1 Å². The number of aromatic nitrogens is 2. The van der Waals surface area contributed by atoms with Gasteiger partial charge < -0.3 is 10.1 Å². The van der Waals surface area contributed by atoms with Crippen LogP contribution in [-0.4, -0.2) is 22.5 Å². The third-order valence-electron chi connectivity index (χ3n) is 2.28. The van der Waals surface area contributed by atoms with E-state index >= 15 is 0 Å². The second kappa shape index (κ2) is 6.15. The maximum atomic E-state index is 11.9. The fourth-order valence-electron chi connectivity index (χ4n) is 1.43. The van der Waals surface area contributed by atoms with Gasteiger partial charge in [0.25, 0.3) is 5.91 Å². The van der Waals surface area contributed by atoms with Crippen LogP contribution in [0.2, 0.25) is 5.15 Å². The Hall–Kier alpha value is -2.14. The van der Waals surface area contributed by atoms with Gasteiger partial charge >= 0.3 is 0 Å². The van der Waals surface area contributed by atoms with Crippen molar-refractivity contribution in [2.24, 2.45) is 0 Å². The van der Waals surface area contributed by atoms with Gasteiger partial charge in [0.15, 0.2) is 0 Å². The number of pyridine rings is 2. The van der Waals surface area contributed by atoms with Crippen LogP contribution in [0, 0.1) is 0 Å². The number of halogens is 1. The Morgan fingerprint density at radius 3 is 2.84 bits per heavy atom. The molecule has 2 aromatic heterocycles. The summed E-state index contributed by atoms with van der Waals surface area (Å²) in [6.45, 7) is 2.43. The van der Waals surface area contributed by atoms with Crippen molar-refractivity contribution in [2.45, 2.75) is 6.92 Å². The van der Waals surface area contributed by atoms with E-state index in [9.17, 15) is 4.79 Å². The molecule has 0 atom stereocenters. The molecule has 6 heteroatoms. The molecule has 0 aliphatic rings. The summed E-state index contributed by atoms with van der Waals surface area (Å²) in [5, 5.41) is 2.99. The lowest BCUT2D eigenvalue weighted by atomic mass is 10.2. The standard InChI is InChI=1S/C13H12ClN3O2/c1-2-19-12-4-3-10(8-16-12)17-13(18)9-5-6-15-11(14)7-9/h3-8H,2H2,1H3,(H,17,18). The van der Waals surface area contributed by atoms with Crippen molar-refractivity contribution in [1.29, 1.82) is 0 Å². The van der Waals surface area contributed by atoms with E-state index in [0.29, 0.717) is 23.7 Å². The van der Waals surface area contributed by atoms with Gasteiger partial charge in [0, 0.05) is 17.8 Å². The summed E-state index contributed by atoms with van der Waals surface area (Å²) in [5.41, 5.74) is 1.02. The molecule has 19 heavy (non-hydrogen) atoms. The molecule has 2 rings (SSSR count). The van der Waals surface area contributed by atoms with Gasteiger partial charge in [-0.2, -0.15) is 0 Å². The average molecular weight is 278 g/mol. The third-order valence-corrected chi connectivity index (χ3v) is 2.48. The van der Waals surface area contributed by atoms with Gasteiger partial charge in [-0.1, -0.05) is 11.6 Å². The predicted octanol–water partition coefficient (Wildman–Crippen LogP) is 2.78. The van der Waals surface area contributed by atoms with E-state index in [-0.39, 0.29) is 11.1 Å². The van der Waals surface area contributed by atoms with Crippen molar-refractivity contribution in [1.82, 2.24) is 9.97 Å². The molecule has 0 aliphatic carbocycles. The summed E-state index contributed by atoms with van der Waals surface area (Å²) in [5.74, 6) is 0.253. The summed E-state index contributed by atoms with van der Waals surface area (Å²) in [7, 11) is 0. The zero-order valence-corrected chi connectivity index (χ0v) is 11.0. The van der Waals surface area contributed by atoms with Gasteiger partial charge in [-0.15, -0.1) is 0 Å². The molecule has 0 aromatic carbocycles. The summed E-state index contributed by atoms with van der Waals surface area (Å²) < 4.78 is 5.22. The molecule has 0 saturated heterocycles. The third kappa shape index (κ3) is 3.66. The lowest BCUT2D eigenvalue weighted by Crippen LogP contribution is -2.12. The Morgan fingerprint density at radius 2 is 2.21 bits per heavy atom. The molecule has 0 unspecified atom stereocenters. The Balaban J connectivity index is 2.06. The number of rotatable bonds is 4. The molecular formula is C13H12ClN3O2. The topological polar surface area (TPSA) is 64.1 Å². The van der Waals surface area contributed by atoms with Crippen LogP contribution in [0.5, 0.6) is 5.88 Å². The highest BCUT2D eigenvalue weighted by molar-refractivity contribution is 6.29. The SMILES string of the molecule is CCOc1ccc(NC(=O)c2ccnc(Cl)c2)cn1. The summed E-state index contributed by atoms with van der Waals surface area (Å²) in [6, 6.07) is 6.50. The van der Waals surface area contributed by atoms with Crippen LogP contribution >= 0.6 is 11.6 Å². The first-order valence-corrected chi connectivity index (χ1v) is 6.08. The van der Waals surface area contributed by atoms with E-state index in [0.717, 1.165) is 0 Å². The van der Waals surface area contributed by atoms with Gasteiger partial charge in [0.05, 0.1) is 18.5 Å². The van der Waals surface area contributed by atoms with Crippen LogP contribution in [0.1, 0.15) is 17.3 Å². The Labute approximate surface area is 115 Å². The molecule has 0 spiro atoms. The first kappa shape index (κ1) is 13.3. The summed E-state index contributed by atoms with van der Waals surface area (Å²) >= 11 is 5.73. The number of hydrogen-bond acceptors (Lipinski definition) is 4. The second-order valence-corrected chi connectivity index (χ2v) is 4.03. The summed E-state index contributed by atoms with van der Waals surface area (Å²) in [6.07, 6.45) is 3.01. The number of ether oxygens (including phenoxy) is 1. The molecule has 5 nitrogen and oxygen atoms in total. The molecule has 0 fully saturated rings. The van der Waals surface area contributed by atoms with Gasteiger partial charge in [-0.25, -0.2) is 9.97 Å². The Kier molecular flexibility index (Phi) is 4.30. The van der Waals surface area contributed by atoms with E-state index in [1.54, 1.807) is 18.2 Å². The van der Waals surface area contributed by atoms with Crippen molar-refractivity contribution < 1.29 is 9.53 Å². The maximum Gasteiger partial charge on any atom is 0.255 e. The quantitative estimate of drug-likeness (QED) is 0.873. The number of anilines is 1. The van der Waals surface area contributed by atoms with Gasteiger partial charge in [0.1, 0.15) is 5.15 Å². The van der Waals surface area contributed by atoms with Crippen molar-refractivity contribution in [2.75, 3.05) is 11.9 Å². The highest BCUT2D eigenvalue weighted by Crippen LogP contribution is 2.14. The van der Waals surface area contributed by atoms with Crippen LogP contribution in [0.15, 0.2) is 36.7 Å². The van der Waals surface area contributed by atoms with Gasteiger partial charge in [0.2, 0.25) is 5.88 Å². The van der Waals surface area contributed by atoms with Gasteiger partial charge in [-0.05, 0) is 25.1 Å². The summed E-state index contributed by atoms with van der Waals surface area (Å²) in [4.78, 5) is 19.8. The molecule has 0 radical (unpaired) electrons. The van der Waals surface area contributed by atoms with Crippen LogP contribution in [0.4, 0.5) is 5.69 Å².